The second-order valence-electron chi connectivity index (χ2n) is 4.62. The number of benzene rings is 1. The third-order valence-corrected chi connectivity index (χ3v) is 4.97. The van der Waals surface area contributed by atoms with Crippen LogP contribution < -0.4 is 10.5 Å². The van der Waals surface area contributed by atoms with Crippen molar-refractivity contribution in [1.29, 1.82) is 0 Å². The van der Waals surface area contributed by atoms with Crippen molar-refractivity contribution in [1.82, 2.24) is 0 Å². The first kappa shape index (κ1) is 15.5. The molecule has 1 atom stereocenters. The summed E-state index contributed by atoms with van der Waals surface area (Å²) in [5, 5.41) is 1.97. The molecule has 108 valence electrons. The number of ether oxygens (including phenoxy) is 1. The predicted octanol–water partition coefficient (Wildman–Crippen LogP) is 4.51. The molecular formula is C15H17BrFNOS. The molecule has 1 unspecified atom stereocenters. The topological polar surface area (TPSA) is 35.2 Å². The summed E-state index contributed by atoms with van der Waals surface area (Å²) in [6.07, 6.45) is 1.57. The second kappa shape index (κ2) is 7.20. The molecule has 0 radical (unpaired) electrons. The summed E-state index contributed by atoms with van der Waals surface area (Å²) in [7, 11) is 0. The van der Waals surface area contributed by atoms with Crippen molar-refractivity contribution < 1.29 is 9.13 Å². The van der Waals surface area contributed by atoms with Crippen LogP contribution in [0.3, 0.4) is 0 Å². The summed E-state index contributed by atoms with van der Waals surface area (Å²) in [5.41, 5.74) is 6.78. The zero-order valence-corrected chi connectivity index (χ0v) is 13.6. The lowest BCUT2D eigenvalue weighted by atomic mass is 10.0. The lowest BCUT2D eigenvalue weighted by molar-refractivity contribution is 0.292. The van der Waals surface area contributed by atoms with Gasteiger partial charge in [-0.15, -0.1) is 11.3 Å². The largest absolute Gasteiger partial charge is 0.485 e. The van der Waals surface area contributed by atoms with Gasteiger partial charge in [-0.3, -0.25) is 0 Å². The van der Waals surface area contributed by atoms with Crippen LogP contribution in [0.1, 0.15) is 23.8 Å². The van der Waals surface area contributed by atoms with E-state index in [1.165, 1.54) is 6.07 Å². The van der Waals surface area contributed by atoms with E-state index in [4.69, 9.17) is 10.5 Å². The average molecular weight is 358 g/mol. The van der Waals surface area contributed by atoms with E-state index < -0.39 is 0 Å². The maximum absolute atomic E-state index is 14.0. The minimum Gasteiger partial charge on any atom is -0.485 e. The molecule has 0 fully saturated rings. The zero-order valence-electron chi connectivity index (χ0n) is 11.2. The van der Waals surface area contributed by atoms with Crippen molar-refractivity contribution in [3.63, 3.8) is 0 Å². The maximum Gasteiger partial charge on any atom is 0.165 e. The molecule has 5 heteroatoms. The highest BCUT2D eigenvalue weighted by molar-refractivity contribution is 9.10. The first-order chi connectivity index (χ1) is 9.60. The normalized spacial score (nSPS) is 12.4. The highest BCUT2D eigenvalue weighted by Gasteiger charge is 2.09. The Hall–Kier alpha value is -0.910. The van der Waals surface area contributed by atoms with Crippen LogP contribution in [0.15, 0.2) is 34.1 Å². The standard InChI is InChI=1S/C15H17BrFNOS/c1-2-11(18)7-10-3-4-14(13(17)8-10)19-9-15-12(16)5-6-20-15/h3-6,8,11H,2,7,9,18H2,1H3. The van der Waals surface area contributed by atoms with Crippen LogP contribution in [-0.4, -0.2) is 6.04 Å². The molecule has 2 rings (SSSR count). The van der Waals surface area contributed by atoms with Gasteiger partial charge in [-0.25, -0.2) is 4.39 Å². The second-order valence-corrected chi connectivity index (χ2v) is 6.47. The third-order valence-electron chi connectivity index (χ3n) is 3.07. The highest BCUT2D eigenvalue weighted by Crippen LogP contribution is 2.26. The van der Waals surface area contributed by atoms with Gasteiger partial charge < -0.3 is 10.5 Å². The molecule has 0 amide bonds. The SMILES string of the molecule is CCC(N)Cc1ccc(OCc2sccc2Br)c(F)c1. The van der Waals surface area contributed by atoms with Crippen molar-refractivity contribution in [2.75, 3.05) is 0 Å². The van der Waals surface area contributed by atoms with Gasteiger partial charge in [0.15, 0.2) is 11.6 Å². The van der Waals surface area contributed by atoms with Crippen LogP contribution in [-0.2, 0) is 13.0 Å². The minimum absolute atomic E-state index is 0.0724. The first-order valence-corrected chi connectivity index (χ1v) is 8.16. The molecule has 0 saturated heterocycles. The van der Waals surface area contributed by atoms with Gasteiger partial charge in [0.05, 0.1) is 4.88 Å². The average Bonchev–Trinajstić information content (AvgIpc) is 2.83. The van der Waals surface area contributed by atoms with E-state index in [9.17, 15) is 4.39 Å². The van der Waals surface area contributed by atoms with Crippen LogP contribution in [0.5, 0.6) is 5.75 Å². The fourth-order valence-electron chi connectivity index (χ4n) is 1.81. The first-order valence-electron chi connectivity index (χ1n) is 6.48. The Kier molecular flexibility index (Phi) is 5.57. The minimum atomic E-state index is -0.335. The highest BCUT2D eigenvalue weighted by atomic mass is 79.9. The summed E-state index contributed by atoms with van der Waals surface area (Å²) >= 11 is 5.01. The molecule has 0 bridgehead atoms. The van der Waals surface area contributed by atoms with Crippen molar-refractivity contribution in [3.05, 3.63) is 50.4 Å². The van der Waals surface area contributed by atoms with Crippen LogP contribution in [0.4, 0.5) is 4.39 Å². The molecule has 1 heterocycles. The molecule has 20 heavy (non-hydrogen) atoms. The Morgan fingerprint density at radius 1 is 1.40 bits per heavy atom. The Morgan fingerprint density at radius 3 is 2.80 bits per heavy atom. The van der Waals surface area contributed by atoms with E-state index >= 15 is 0 Å². The molecule has 2 nitrogen and oxygen atoms in total. The van der Waals surface area contributed by atoms with Gasteiger partial charge in [0, 0.05) is 10.5 Å². The van der Waals surface area contributed by atoms with Gasteiger partial charge in [-0.2, -0.15) is 0 Å². The Balaban J connectivity index is 2.01. The Labute approximate surface area is 130 Å². The van der Waals surface area contributed by atoms with Crippen LogP contribution in [0, 0.1) is 5.82 Å². The fourth-order valence-corrected chi connectivity index (χ4v) is 3.18. The summed E-state index contributed by atoms with van der Waals surface area (Å²) in [5.74, 6) is -0.0578. The van der Waals surface area contributed by atoms with E-state index in [0.29, 0.717) is 13.0 Å². The van der Waals surface area contributed by atoms with Gasteiger partial charge >= 0.3 is 0 Å². The molecule has 1 aromatic carbocycles. The van der Waals surface area contributed by atoms with E-state index in [1.807, 2.05) is 24.4 Å². The van der Waals surface area contributed by atoms with Crippen LogP contribution in [0.25, 0.3) is 0 Å². The van der Waals surface area contributed by atoms with Gasteiger partial charge in [0.1, 0.15) is 6.61 Å². The molecule has 2 N–H and O–H groups in total. The molecule has 0 aliphatic carbocycles. The zero-order chi connectivity index (χ0) is 14.5. The molecule has 0 aliphatic rings. The molecule has 0 saturated carbocycles. The fraction of sp³-hybridized carbons (Fsp3) is 0.333. The lowest BCUT2D eigenvalue weighted by Gasteiger charge is -2.11. The number of hydrogen-bond donors (Lipinski definition) is 1. The van der Waals surface area contributed by atoms with Gasteiger partial charge in [-0.05, 0) is 57.9 Å². The summed E-state index contributed by atoms with van der Waals surface area (Å²) < 4.78 is 20.5. The number of thiophene rings is 1. The van der Waals surface area contributed by atoms with Crippen molar-refractivity contribution in [2.45, 2.75) is 32.4 Å². The predicted molar refractivity (Wildman–Crippen MR) is 84.7 cm³/mol. The van der Waals surface area contributed by atoms with Crippen LogP contribution in [0.2, 0.25) is 0 Å². The van der Waals surface area contributed by atoms with E-state index in [0.717, 1.165) is 21.3 Å². The number of halogens is 2. The monoisotopic (exact) mass is 357 g/mol. The quantitative estimate of drug-likeness (QED) is 0.825. The maximum atomic E-state index is 14.0. The molecule has 0 spiro atoms. The Morgan fingerprint density at radius 2 is 2.20 bits per heavy atom. The summed E-state index contributed by atoms with van der Waals surface area (Å²) in [4.78, 5) is 1.04. The number of rotatable bonds is 6. The van der Waals surface area contributed by atoms with E-state index in [-0.39, 0.29) is 17.6 Å². The van der Waals surface area contributed by atoms with E-state index in [2.05, 4.69) is 15.9 Å². The molecule has 2 aromatic rings. The number of hydrogen-bond acceptors (Lipinski definition) is 3. The van der Waals surface area contributed by atoms with Crippen molar-refractivity contribution >= 4 is 27.3 Å². The third kappa shape index (κ3) is 4.04. The summed E-state index contributed by atoms with van der Waals surface area (Å²) in [6, 6.07) is 7.08. The smallest absolute Gasteiger partial charge is 0.165 e. The van der Waals surface area contributed by atoms with Crippen molar-refractivity contribution in [3.8, 4) is 5.75 Å². The van der Waals surface area contributed by atoms with Gasteiger partial charge in [-0.1, -0.05) is 13.0 Å². The van der Waals surface area contributed by atoms with Crippen LogP contribution >= 0.6 is 27.3 Å². The van der Waals surface area contributed by atoms with Crippen molar-refractivity contribution in [2.24, 2.45) is 5.73 Å². The molecule has 1 aromatic heterocycles. The molecular weight excluding hydrogens is 341 g/mol. The molecule has 0 aliphatic heterocycles. The van der Waals surface area contributed by atoms with Gasteiger partial charge in [0.25, 0.3) is 0 Å². The lowest BCUT2D eigenvalue weighted by Crippen LogP contribution is -2.21. The van der Waals surface area contributed by atoms with E-state index in [1.54, 1.807) is 17.4 Å². The number of nitrogens with two attached hydrogens (primary N) is 1. The van der Waals surface area contributed by atoms with Gasteiger partial charge in [0.2, 0.25) is 0 Å². The summed E-state index contributed by atoms with van der Waals surface area (Å²) in [6.45, 7) is 2.39. The Bertz CT molecular complexity index is 573.